The summed E-state index contributed by atoms with van der Waals surface area (Å²) in [6.45, 7) is 2.58. The minimum absolute atomic E-state index is 0.365. The number of hydrogen-bond donors (Lipinski definition) is 1. The maximum Gasteiger partial charge on any atom is 0.326 e. The molecule has 1 fully saturated rings. The second-order valence-electron chi connectivity index (χ2n) is 5.92. The maximum absolute atomic E-state index is 12.4. The van der Waals surface area contributed by atoms with Gasteiger partial charge in [0.25, 0.3) is 5.91 Å². The van der Waals surface area contributed by atoms with Crippen molar-refractivity contribution >= 4 is 23.7 Å². The Bertz CT molecular complexity index is 709. The van der Waals surface area contributed by atoms with Crippen molar-refractivity contribution in [2.24, 2.45) is 0 Å². The molecule has 1 aromatic carbocycles. The van der Waals surface area contributed by atoms with Crippen LogP contribution in [0.1, 0.15) is 37.0 Å². The van der Waals surface area contributed by atoms with E-state index in [1.165, 1.54) is 7.11 Å². The van der Waals surface area contributed by atoms with Crippen molar-refractivity contribution in [3.63, 3.8) is 0 Å². The normalized spacial score (nSPS) is 15.6. The van der Waals surface area contributed by atoms with Gasteiger partial charge < -0.3 is 14.8 Å². The number of nitrogens with one attached hydrogen (secondary N) is 1. The molecule has 1 aliphatic heterocycles. The van der Waals surface area contributed by atoms with Crippen molar-refractivity contribution in [3.8, 4) is 5.75 Å². The lowest BCUT2D eigenvalue weighted by atomic mass is 9.93. The second-order valence-corrected chi connectivity index (χ2v) is 5.92. The number of benzene rings is 1. The van der Waals surface area contributed by atoms with Crippen LogP contribution in [-0.4, -0.2) is 54.4 Å². The van der Waals surface area contributed by atoms with Crippen LogP contribution in [0.15, 0.2) is 24.3 Å². The lowest BCUT2D eigenvalue weighted by molar-refractivity contribution is -0.146. The Labute approximate surface area is 151 Å². The SMILES string of the molecule is CCC1(CC)NC(=O)N(CC(=O)OCC(=O)c2ccc(OC)cc2)C1=O. The fraction of sp³-hybridized carbons (Fsp3) is 0.444. The van der Waals surface area contributed by atoms with Crippen molar-refractivity contribution in [3.05, 3.63) is 29.8 Å². The van der Waals surface area contributed by atoms with E-state index in [1.54, 1.807) is 38.1 Å². The van der Waals surface area contributed by atoms with Crippen LogP contribution in [0.4, 0.5) is 4.79 Å². The smallest absolute Gasteiger partial charge is 0.326 e. The Morgan fingerprint density at radius 2 is 1.73 bits per heavy atom. The van der Waals surface area contributed by atoms with Gasteiger partial charge in [-0.25, -0.2) is 4.79 Å². The lowest BCUT2D eigenvalue weighted by Gasteiger charge is -2.22. The third-order valence-electron chi connectivity index (χ3n) is 4.52. The van der Waals surface area contributed by atoms with Crippen LogP contribution in [0.3, 0.4) is 0 Å². The molecule has 0 saturated carbocycles. The third-order valence-corrected chi connectivity index (χ3v) is 4.52. The molecular weight excluding hydrogens is 340 g/mol. The number of esters is 1. The summed E-state index contributed by atoms with van der Waals surface area (Å²) in [5.74, 6) is -1.06. The van der Waals surface area contributed by atoms with Crippen molar-refractivity contribution in [2.45, 2.75) is 32.2 Å². The number of amides is 3. The highest BCUT2D eigenvalue weighted by molar-refractivity contribution is 6.08. The largest absolute Gasteiger partial charge is 0.497 e. The summed E-state index contributed by atoms with van der Waals surface area (Å²) in [5, 5.41) is 2.62. The summed E-state index contributed by atoms with van der Waals surface area (Å²) in [5.41, 5.74) is -0.611. The molecule has 1 aliphatic rings. The van der Waals surface area contributed by atoms with E-state index in [0.717, 1.165) is 4.90 Å². The molecule has 8 nitrogen and oxygen atoms in total. The number of carbonyl (C=O) groups excluding carboxylic acids is 4. The number of ketones is 1. The third kappa shape index (κ3) is 3.84. The number of hydrogen-bond acceptors (Lipinski definition) is 6. The van der Waals surface area contributed by atoms with Crippen LogP contribution in [0.25, 0.3) is 0 Å². The minimum atomic E-state index is -0.976. The maximum atomic E-state index is 12.4. The van der Waals surface area contributed by atoms with Crippen molar-refractivity contribution in [1.82, 2.24) is 10.2 Å². The number of urea groups is 1. The predicted molar refractivity (Wildman–Crippen MR) is 91.8 cm³/mol. The molecule has 0 bridgehead atoms. The van der Waals surface area contributed by atoms with E-state index >= 15 is 0 Å². The summed E-state index contributed by atoms with van der Waals surface area (Å²) < 4.78 is 9.92. The first kappa shape index (κ1) is 19.4. The summed E-state index contributed by atoms with van der Waals surface area (Å²) in [6.07, 6.45) is 0.852. The average molecular weight is 362 g/mol. The highest BCUT2D eigenvalue weighted by Crippen LogP contribution is 2.24. The number of rotatable bonds is 8. The van der Waals surface area contributed by atoms with Crippen LogP contribution in [0.2, 0.25) is 0 Å². The van der Waals surface area contributed by atoms with Gasteiger partial charge in [-0.3, -0.25) is 19.3 Å². The van der Waals surface area contributed by atoms with Crippen LogP contribution in [0, 0.1) is 0 Å². The van der Waals surface area contributed by atoms with E-state index in [-0.39, 0.29) is 0 Å². The lowest BCUT2D eigenvalue weighted by Crippen LogP contribution is -2.46. The molecule has 1 aromatic rings. The molecule has 140 valence electrons. The number of nitrogens with zero attached hydrogens (tertiary/aromatic N) is 1. The van der Waals surface area contributed by atoms with E-state index in [0.29, 0.717) is 24.2 Å². The fourth-order valence-electron chi connectivity index (χ4n) is 2.73. The van der Waals surface area contributed by atoms with Gasteiger partial charge in [0.2, 0.25) is 0 Å². The van der Waals surface area contributed by atoms with E-state index in [1.807, 2.05) is 0 Å². The van der Waals surface area contributed by atoms with Crippen molar-refractivity contribution < 1.29 is 28.7 Å². The first-order valence-electron chi connectivity index (χ1n) is 8.33. The molecule has 0 spiro atoms. The van der Waals surface area contributed by atoms with Gasteiger partial charge in [0, 0.05) is 5.56 Å². The molecule has 1 heterocycles. The van der Waals surface area contributed by atoms with Gasteiger partial charge >= 0.3 is 12.0 Å². The molecule has 1 N–H and O–H groups in total. The van der Waals surface area contributed by atoms with Gasteiger partial charge in [0.1, 0.15) is 17.8 Å². The Morgan fingerprint density at radius 1 is 1.12 bits per heavy atom. The Kier molecular flexibility index (Phi) is 5.97. The quantitative estimate of drug-likeness (QED) is 0.427. The van der Waals surface area contributed by atoms with Gasteiger partial charge in [-0.15, -0.1) is 0 Å². The first-order valence-corrected chi connectivity index (χ1v) is 8.33. The summed E-state index contributed by atoms with van der Waals surface area (Å²) in [7, 11) is 1.51. The number of ether oxygens (including phenoxy) is 2. The zero-order valence-corrected chi connectivity index (χ0v) is 15.0. The predicted octanol–water partition coefficient (Wildman–Crippen LogP) is 1.53. The Morgan fingerprint density at radius 3 is 2.23 bits per heavy atom. The van der Waals surface area contributed by atoms with Gasteiger partial charge in [-0.1, -0.05) is 13.8 Å². The van der Waals surface area contributed by atoms with Crippen LogP contribution in [0.5, 0.6) is 5.75 Å². The van der Waals surface area contributed by atoms with Gasteiger partial charge in [-0.2, -0.15) is 0 Å². The standard InChI is InChI=1S/C18H22N2O6/c1-4-18(5-2)16(23)20(17(24)19-18)10-15(22)26-11-14(21)12-6-8-13(25-3)9-7-12/h6-9H,4-5,10-11H2,1-3H3,(H,19,24). The molecule has 0 radical (unpaired) electrons. The second kappa shape index (κ2) is 7.99. The molecule has 8 heteroatoms. The topological polar surface area (TPSA) is 102 Å². The van der Waals surface area contributed by atoms with Gasteiger partial charge in [0.05, 0.1) is 7.11 Å². The number of imide groups is 1. The van der Waals surface area contributed by atoms with Crippen LogP contribution >= 0.6 is 0 Å². The molecule has 1 saturated heterocycles. The molecule has 26 heavy (non-hydrogen) atoms. The van der Waals surface area contributed by atoms with Crippen LogP contribution in [-0.2, 0) is 14.3 Å². The summed E-state index contributed by atoms with van der Waals surface area (Å²) >= 11 is 0. The minimum Gasteiger partial charge on any atom is -0.497 e. The molecule has 2 rings (SSSR count). The molecule has 0 aromatic heterocycles. The average Bonchev–Trinajstić information content (AvgIpc) is 2.90. The van der Waals surface area contributed by atoms with Gasteiger partial charge in [0.15, 0.2) is 12.4 Å². The Balaban J connectivity index is 1.91. The van der Waals surface area contributed by atoms with E-state index in [2.05, 4.69) is 5.32 Å². The van der Waals surface area contributed by atoms with Gasteiger partial charge in [-0.05, 0) is 37.1 Å². The summed E-state index contributed by atoms with van der Waals surface area (Å²) in [6, 6.07) is 5.73. The highest BCUT2D eigenvalue weighted by Gasteiger charge is 2.49. The summed E-state index contributed by atoms with van der Waals surface area (Å²) in [4.78, 5) is 49.2. The van der Waals surface area contributed by atoms with E-state index < -0.39 is 42.4 Å². The highest BCUT2D eigenvalue weighted by atomic mass is 16.5. The molecule has 0 unspecified atom stereocenters. The number of carbonyl (C=O) groups is 4. The van der Waals surface area contributed by atoms with E-state index in [4.69, 9.17) is 9.47 Å². The molecule has 0 atom stereocenters. The number of methoxy groups -OCH3 is 1. The molecule has 0 aliphatic carbocycles. The van der Waals surface area contributed by atoms with E-state index in [9.17, 15) is 19.2 Å². The van der Waals surface area contributed by atoms with Crippen molar-refractivity contribution in [2.75, 3.05) is 20.3 Å². The molecular formula is C18H22N2O6. The zero-order valence-electron chi connectivity index (χ0n) is 15.0. The zero-order chi connectivity index (χ0) is 19.3. The fourth-order valence-corrected chi connectivity index (χ4v) is 2.73. The monoisotopic (exact) mass is 362 g/mol. The first-order chi connectivity index (χ1) is 12.4. The Hall–Kier alpha value is -2.90. The van der Waals surface area contributed by atoms with Crippen LogP contribution < -0.4 is 10.1 Å². The van der Waals surface area contributed by atoms with Crippen molar-refractivity contribution in [1.29, 1.82) is 0 Å². The number of Topliss-reactive ketones (excluding diaryl/α,β-unsaturated/α-hetero) is 1. The molecule has 3 amide bonds.